The molecule has 1 aromatic carbocycles. The minimum absolute atomic E-state index is 0.227. The van der Waals surface area contributed by atoms with Crippen LogP contribution in [-0.4, -0.2) is 23.4 Å². The van der Waals surface area contributed by atoms with Crippen molar-refractivity contribution >= 4 is 17.6 Å². The van der Waals surface area contributed by atoms with Crippen LogP contribution in [0.3, 0.4) is 0 Å². The lowest BCUT2D eigenvalue weighted by molar-refractivity contribution is -0.140. The Labute approximate surface area is 102 Å². The summed E-state index contributed by atoms with van der Waals surface area (Å²) >= 11 is 0. The molecule has 1 saturated carbocycles. The number of carboxylic acid groups (broad SMARTS) is 1. The number of amides is 1. The van der Waals surface area contributed by atoms with Gasteiger partial charge in [-0.1, -0.05) is 12.1 Å². The van der Waals surface area contributed by atoms with Crippen molar-refractivity contribution in [2.24, 2.45) is 0 Å². The van der Waals surface area contributed by atoms with E-state index >= 15 is 0 Å². The van der Waals surface area contributed by atoms with Crippen LogP contribution in [0.25, 0.3) is 0 Å². The molecule has 1 aromatic rings. The molecule has 0 spiro atoms. The molecule has 1 fully saturated rings. The number of alkyl halides is 2. The molecule has 4 nitrogen and oxygen atoms in total. The second-order valence-electron chi connectivity index (χ2n) is 4.25. The van der Waals surface area contributed by atoms with E-state index in [9.17, 15) is 18.4 Å². The number of anilines is 1. The Bertz CT molecular complexity index is 481. The fraction of sp³-hybridized carbons (Fsp3) is 0.333. The van der Waals surface area contributed by atoms with Crippen molar-refractivity contribution in [3.8, 4) is 0 Å². The minimum Gasteiger partial charge on any atom is -0.481 e. The third-order valence-electron chi connectivity index (χ3n) is 3.06. The Kier molecular flexibility index (Phi) is 3.02. The van der Waals surface area contributed by atoms with Crippen molar-refractivity contribution in [3.63, 3.8) is 0 Å². The molecule has 0 heterocycles. The van der Waals surface area contributed by atoms with Gasteiger partial charge in [-0.2, -0.15) is 8.78 Å². The lowest BCUT2D eigenvalue weighted by atomic mass is 9.96. The van der Waals surface area contributed by atoms with E-state index in [4.69, 9.17) is 5.11 Å². The summed E-state index contributed by atoms with van der Waals surface area (Å²) in [7, 11) is 0. The summed E-state index contributed by atoms with van der Waals surface area (Å²) in [5.41, 5.74) is 0.0286. The summed E-state index contributed by atoms with van der Waals surface area (Å²) in [6, 6.07) is 5.95. The molecule has 0 unspecified atom stereocenters. The average Bonchev–Trinajstić information content (AvgIpc) is 3.11. The lowest BCUT2D eigenvalue weighted by Gasteiger charge is -2.11. The first-order chi connectivity index (χ1) is 8.45. The molecule has 2 N–H and O–H groups in total. The number of hydrogen-bond donors (Lipinski definition) is 2. The van der Waals surface area contributed by atoms with Gasteiger partial charge in [0.25, 0.3) is 5.91 Å². The van der Waals surface area contributed by atoms with Crippen LogP contribution in [0.2, 0.25) is 0 Å². The summed E-state index contributed by atoms with van der Waals surface area (Å²) in [4.78, 5) is 21.8. The number of nitrogens with one attached hydrogen (secondary N) is 1. The maximum absolute atomic E-state index is 12.0. The summed E-state index contributed by atoms with van der Waals surface area (Å²) in [5, 5.41) is 11.1. The number of carbonyl (C=O) groups is 2. The van der Waals surface area contributed by atoms with E-state index in [1.54, 1.807) is 12.1 Å². The van der Waals surface area contributed by atoms with Crippen molar-refractivity contribution in [1.29, 1.82) is 0 Å². The minimum atomic E-state index is -3.07. The molecule has 0 aliphatic heterocycles. The monoisotopic (exact) mass is 255 g/mol. The highest BCUT2D eigenvalue weighted by molar-refractivity contribution is 5.93. The third kappa shape index (κ3) is 2.18. The van der Waals surface area contributed by atoms with Crippen LogP contribution in [-0.2, 0) is 15.0 Å². The van der Waals surface area contributed by atoms with Crippen LogP contribution >= 0.6 is 0 Å². The first-order valence-corrected chi connectivity index (χ1v) is 5.39. The summed E-state index contributed by atoms with van der Waals surface area (Å²) in [5.74, 6) is -2.26. The maximum Gasteiger partial charge on any atom is 0.315 e. The Morgan fingerprint density at radius 3 is 2.17 bits per heavy atom. The molecule has 0 atom stereocenters. The molecule has 96 valence electrons. The quantitative estimate of drug-likeness (QED) is 0.864. The highest BCUT2D eigenvalue weighted by Crippen LogP contribution is 2.48. The van der Waals surface area contributed by atoms with Gasteiger partial charge in [-0.3, -0.25) is 9.59 Å². The summed E-state index contributed by atoms with van der Waals surface area (Å²) < 4.78 is 24.0. The van der Waals surface area contributed by atoms with Crippen molar-refractivity contribution in [3.05, 3.63) is 29.8 Å². The van der Waals surface area contributed by atoms with Crippen molar-refractivity contribution in [1.82, 2.24) is 0 Å². The molecular weight excluding hydrogens is 244 g/mol. The molecule has 0 saturated heterocycles. The number of hydrogen-bond acceptors (Lipinski definition) is 2. The van der Waals surface area contributed by atoms with Crippen LogP contribution in [0.1, 0.15) is 18.4 Å². The molecular formula is C12H11F2NO3. The van der Waals surface area contributed by atoms with E-state index in [0.29, 0.717) is 18.4 Å². The van der Waals surface area contributed by atoms with E-state index in [1.807, 2.05) is 5.32 Å². The van der Waals surface area contributed by atoms with Gasteiger partial charge < -0.3 is 10.4 Å². The van der Waals surface area contributed by atoms with Crippen LogP contribution in [0.4, 0.5) is 14.5 Å². The molecule has 18 heavy (non-hydrogen) atoms. The van der Waals surface area contributed by atoms with Gasteiger partial charge in [-0.25, -0.2) is 0 Å². The maximum atomic E-state index is 12.0. The highest BCUT2D eigenvalue weighted by Gasteiger charge is 2.51. The largest absolute Gasteiger partial charge is 0.481 e. The first-order valence-electron chi connectivity index (χ1n) is 5.39. The Hall–Kier alpha value is -1.98. The highest BCUT2D eigenvalue weighted by atomic mass is 19.3. The normalized spacial score (nSPS) is 16.4. The van der Waals surface area contributed by atoms with Gasteiger partial charge in [0.2, 0.25) is 0 Å². The van der Waals surface area contributed by atoms with Gasteiger partial charge >= 0.3 is 12.4 Å². The van der Waals surface area contributed by atoms with E-state index in [2.05, 4.69) is 0 Å². The van der Waals surface area contributed by atoms with Crippen LogP contribution in [0.5, 0.6) is 0 Å². The predicted molar refractivity (Wildman–Crippen MR) is 59.6 cm³/mol. The molecule has 0 bridgehead atoms. The van der Waals surface area contributed by atoms with E-state index < -0.39 is 23.7 Å². The summed E-state index contributed by atoms with van der Waals surface area (Å²) in [6.45, 7) is 0. The number of halogens is 2. The molecule has 1 amide bonds. The number of carbonyl (C=O) groups excluding carboxylic acids is 1. The second-order valence-corrected chi connectivity index (χ2v) is 4.25. The zero-order valence-corrected chi connectivity index (χ0v) is 9.32. The van der Waals surface area contributed by atoms with E-state index in [-0.39, 0.29) is 5.69 Å². The van der Waals surface area contributed by atoms with E-state index in [1.165, 1.54) is 12.1 Å². The third-order valence-corrected chi connectivity index (χ3v) is 3.06. The van der Waals surface area contributed by atoms with Crippen LogP contribution in [0, 0.1) is 0 Å². The Morgan fingerprint density at radius 1 is 1.22 bits per heavy atom. The van der Waals surface area contributed by atoms with Gasteiger partial charge in [-0.05, 0) is 30.5 Å². The number of benzene rings is 1. The second kappa shape index (κ2) is 4.36. The lowest BCUT2D eigenvalue weighted by Crippen LogP contribution is -2.21. The van der Waals surface area contributed by atoms with Gasteiger partial charge in [0, 0.05) is 5.69 Å². The SMILES string of the molecule is O=C(Nc1ccc(C2(C(=O)O)CC2)cc1)C(F)F. The van der Waals surface area contributed by atoms with Gasteiger partial charge in [0.1, 0.15) is 0 Å². The van der Waals surface area contributed by atoms with Crippen molar-refractivity contribution in [2.75, 3.05) is 5.32 Å². The van der Waals surface area contributed by atoms with Gasteiger partial charge in [0.15, 0.2) is 0 Å². The number of aliphatic carboxylic acids is 1. The smallest absolute Gasteiger partial charge is 0.315 e. The zero-order chi connectivity index (χ0) is 13.3. The molecule has 2 rings (SSSR count). The average molecular weight is 255 g/mol. The fourth-order valence-electron chi connectivity index (χ4n) is 1.82. The standard InChI is InChI=1S/C12H11F2NO3/c13-9(14)10(16)15-8-3-1-7(2-4-8)12(5-6-12)11(17)18/h1-4,9H,5-6H2,(H,15,16)(H,17,18). The van der Waals surface area contributed by atoms with Crippen LogP contribution < -0.4 is 5.32 Å². The van der Waals surface area contributed by atoms with Gasteiger partial charge in [0.05, 0.1) is 5.41 Å². The number of carboxylic acids is 1. The van der Waals surface area contributed by atoms with Gasteiger partial charge in [-0.15, -0.1) is 0 Å². The van der Waals surface area contributed by atoms with Crippen LogP contribution in [0.15, 0.2) is 24.3 Å². The number of rotatable bonds is 4. The Balaban J connectivity index is 2.11. The fourth-order valence-corrected chi connectivity index (χ4v) is 1.82. The molecule has 0 aromatic heterocycles. The van der Waals surface area contributed by atoms with Crippen molar-refractivity contribution in [2.45, 2.75) is 24.7 Å². The molecule has 1 aliphatic carbocycles. The predicted octanol–water partition coefficient (Wildman–Crippen LogP) is 2.01. The molecule has 1 aliphatic rings. The van der Waals surface area contributed by atoms with E-state index in [0.717, 1.165) is 0 Å². The zero-order valence-electron chi connectivity index (χ0n) is 9.32. The van der Waals surface area contributed by atoms with Crippen molar-refractivity contribution < 1.29 is 23.5 Å². The summed E-state index contributed by atoms with van der Waals surface area (Å²) in [6.07, 6.45) is -1.92. The first kappa shape index (κ1) is 12.5. The topological polar surface area (TPSA) is 66.4 Å². The Morgan fingerprint density at radius 2 is 1.78 bits per heavy atom. The molecule has 0 radical (unpaired) electrons. The molecule has 6 heteroatoms.